The smallest absolute Gasteiger partial charge is 0.278 e. The van der Waals surface area contributed by atoms with Gasteiger partial charge in [0.15, 0.2) is 5.13 Å². The van der Waals surface area contributed by atoms with Gasteiger partial charge in [0.25, 0.3) is 5.91 Å². The standard InChI is InChI=1S/C18H22FN5OS.ClH/c1-4-24-14(9-10-20-24)17(25)23(12-6-11-22(2)3)18-21-16-13(19)7-5-8-15(16)26-18;/h5,7-10H,4,6,11-12H2,1-3H3;1H. The van der Waals surface area contributed by atoms with Crippen LogP contribution in [0.1, 0.15) is 23.8 Å². The fourth-order valence-electron chi connectivity index (χ4n) is 2.75. The normalized spacial score (nSPS) is 11.0. The number of fused-ring (bicyclic) bond motifs is 1. The molecule has 3 rings (SSSR count). The topological polar surface area (TPSA) is 54.3 Å². The van der Waals surface area contributed by atoms with Gasteiger partial charge in [-0.25, -0.2) is 9.37 Å². The minimum absolute atomic E-state index is 0. The molecule has 6 nitrogen and oxygen atoms in total. The van der Waals surface area contributed by atoms with Gasteiger partial charge >= 0.3 is 0 Å². The summed E-state index contributed by atoms with van der Waals surface area (Å²) in [6.07, 6.45) is 2.41. The Morgan fingerprint density at radius 3 is 2.70 bits per heavy atom. The lowest BCUT2D eigenvalue weighted by Crippen LogP contribution is -2.34. The van der Waals surface area contributed by atoms with Gasteiger partial charge in [0.2, 0.25) is 0 Å². The van der Waals surface area contributed by atoms with Crippen molar-refractivity contribution < 1.29 is 9.18 Å². The molecular formula is C18H23ClFN5OS. The Morgan fingerprint density at radius 1 is 1.26 bits per heavy atom. The van der Waals surface area contributed by atoms with Crippen molar-refractivity contribution in [1.82, 2.24) is 19.7 Å². The van der Waals surface area contributed by atoms with E-state index in [0.717, 1.165) is 17.7 Å². The van der Waals surface area contributed by atoms with Crippen LogP contribution in [-0.2, 0) is 6.54 Å². The highest BCUT2D eigenvalue weighted by atomic mass is 35.5. The third kappa shape index (κ3) is 4.63. The number of thiazole rings is 1. The summed E-state index contributed by atoms with van der Waals surface area (Å²) in [6, 6.07) is 6.57. The van der Waals surface area contributed by atoms with E-state index in [4.69, 9.17) is 0 Å². The van der Waals surface area contributed by atoms with Crippen molar-refractivity contribution in [2.75, 3.05) is 32.1 Å². The van der Waals surface area contributed by atoms with Crippen LogP contribution in [0.4, 0.5) is 9.52 Å². The maximum absolute atomic E-state index is 14.0. The molecule has 0 fully saturated rings. The summed E-state index contributed by atoms with van der Waals surface area (Å²) >= 11 is 1.33. The predicted molar refractivity (Wildman–Crippen MR) is 110 cm³/mol. The molecule has 0 bridgehead atoms. The van der Waals surface area contributed by atoms with Gasteiger partial charge in [-0.3, -0.25) is 14.4 Å². The number of aromatic nitrogens is 3. The summed E-state index contributed by atoms with van der Waals surface area (Å²) < 4.78 is 16.4. The maximum Gasteiger partial charge on any atom is 0.278 e. The number of halogens is 2. The number of carbonyl (C=O) groups is 1. The summed E-state index contributed by atoms with van der Waals surface area (Å²) in [5, 5.41) is 4.69. The lowest BCUT2D eigenvalue weighted by Gasteiger charge is -2.21. The van der Waals surface area contributed by atoms with Gasteiger partial charge in [0.1, 0.15) is 17.0 Å². The zero-order chi connectivity index (χ0) is 18.7. The fraction of sp³-hybridized carbons (Fsp3) is 0.389. The van der Waals surface area contributed by atoms with E-state index in [2.05, 4.69) is 15.0 Å². The Labute approximate surface area is 168 Å². The predicted octanol–water partition coefficient (Wildman–Crippen LogP) is 3.67. The number of para-hydroxylation sites is 1. The second-order valence-electron chi connectivity index (χ2n) is 6.23. The van der Waals surface area contributed by atoms with Crippen LogP contribution in [0.3, 0.4) is 0 Å². The largest absolute Gasteiger partial charge is 0.309 e. The van der Waals surface area contributed by atoms with Crippen LogP contribution in [0, 0.1) is 5.82 Å². The van der Waals surface area contributed by atoms with Crippen LogP contribution >= 0.6 is 23.7 Å². The molecule has 9 heteroatoms. The quantitative estimate of drug-likeness (QED) is 0.595. The average Bonchev–Trinajstić information content (AvgIpc) is 3.25. The highest BCUT2D eigenvalue weighted by Gasteiger charge is 2.24. The SMILES string of the molecule is CCn1nccc1C(=O)N(CCCN(C)C)c1nc2c(F)cccc2s1.Cl. The third-order valence-electron chi connectivity index (χ3n) is 4.06. The first-order chi connectivity index (χ1) is 12.5. The van der Waals surface area contributed by atoms with Crippen molar-refractivity contribution in [3.05, 3.63) is 42.0 Å². The molecule has 27 heavy (non-hydrogen) atoms. The Hall–Kier alpha value is -2.03. The van der Waals surface area contributed by atoms with Gasteiger partial charge in [-0.2, -0.15) is 5.10 Å². The van der Waals surface area contributed by atoms with Crippen LogP contribution in [0.2, 0.25) is 0 Å². The summed E-state index contributed by atoms with van der Waals surface area (Å²) in [4.78, 5) is 21.3. The monoisotopic (exact) mass is 411 g/mol. The Bertz CT molecular complexity index is 910. The molecule has 0 radical (unpaired) electrons. The van der Waals surface area contributed by atoms with Crippen molar-refractivity contribution in [3.8, 4) is 0 Å². The Morgan fingerprint density at radius 2 is 2.04 bits per heavy atom. The molecule has 3 aromatic rings. The van der Waals surface area contributed by atoms with Crippen LogP contribution in [0.15, 0.2) is 30.5 Å². The number of rotatable bonds is 7. The first-order valence-electron chi connectivity index (χ1n) is 8.54. The minimum Gasteiger partial charge on any atom is -0.309 e. The van der Waals surface area contributed by atoms with E-state index >= 15 is 0 Å². The molecule has 0 aliphatic rings. The molecule has 0 aliphatic heterocycles. The summed E-state index contributed by atoms with van der Waals surface area (Å²) in [5.41, 5.74) is 0.819. The van der Waals surface area contributed by atoms with E-state index in [1.54, 1.807) is 27.9 Å². The fourth-order valence-corrected chi connectivity index (χ4v) is 3.76. The Balaban J connectivity index is 0.00000261. The van der Waals surface area contributed by atoms with Crippen LogP contribution in [0.25, 0.3) is 10.2 Å². The number of aryl methyl sites for hydroxylation is 1. The molecule has 0 spiro atoms. The van der Waals surface area contributed by atoms with Crippen LogP contribution < -0.4 is 4.90 Å². The molecule has 2 heterocycles. The van der Waals surface area contributed by atoms with Crippen molar-refractivity contribution in [2.45, 2.75) is 19.9 Å². The zero-order valence-corrected chi connectivity index (χ0v) is 17.2. The van der Waals surface area contributed by atoms with Crippen LogP contribution in [0.5, 0.6) is 0 Å². The van der Waals surface area contributed by atoms with Gasteiger partial charge in [0.05, 0.1) is 4.70 Å². The molecule has 0 aliphatic carbocycles. The summed E-state index contributed by atoms with van der Waals surface area (Å²) in [6.45, 7) is 3.89. The molecule has 0 saturated heterocycles. The molecule has 0 N–H and O–H groups in total. The first-order valence-corrected chi connectivity index (χ1v) is 9.36. The number of hydrogen-bond acceptors (Lipinski definition) is 5. The van der Waals surface area contributed by atoms with Gasteiger partial charge in [-0.15, -0.1) is 12.4 Å². The molecule has 0 saturated carbocycles. The van der Waals surface area contributed by atoms with E-state index < -0.39 is 0 Å². The van der Waals surface area contributed by atoms with Gasteiger partial charge in [0, 0.05) is 19.3 Å². The second kappa shape index (κ2) is 9.25. The number of amides is 1. The second-order valence-corrected chi connectivity index (χ2v) is 7.24. The van der Waals surface area contributed by atoms with E-state index in [9.17, 15) is 9.18 Å². The molecule has 2 aromatic heterocycles. The number of benzene rings is 1. The van der Waals surface area contributed by atoms with Crippen molar-refractivity contribution in [1.29, 1.82) is 0 Å². The maximum atomic E-state index is 14.0. The van der Waals surface area contributed by atoms with Crippen molar-refractivity contribution in [2.24, 2.45) is 0 Å². The highest BCUT2D eigenvalue weighted by molar-refractivity contribution is 7.22. The van der Waals surface area contributed by atoms with Gasteiger partial charge in [-0.1, -0.05) is 17.4 Å². The van der Waals surface area contributed by atoms with Crippen LogP contribution in [-0.4, -0.2) is 52.8 Å². The highest BCUT2D eigenvalue weighted by Crippen LogP contribution is 2.31. The number of anilines is 1. The third-order valence-corrected chi connectivity index (χ3v) is 5.10. The van der Waals surface area contributed by atoms with Crippen molar-refractivity contribution in [3.63, 3.8) is 0 Å². The molecule has 1 amide bonds. The summed E-state index contributed by atoms with van der Waals surface area (Å²) in [5.74, 6) is -0.535. The van der Waals surface area contributed by atoms with E-state index in [1.165, 1.54) is 17.4 Å². The molecular weight excluding hydrogens is 389 g/mol. The van der Waals surface area contributed by atoms with Crippen molar-refractivity contribution >= 4 is 45.0 Å². The lowest BCUT2D eigenvalue weighted by molar-refractivity contribution is 0.0975. The minimum atomic E-state index is -0.371. The van der Waals surface area contributed by atoms with E-state index in [-0.39, 0.29) is 24.1 Å². The lowest BCUT2D eigenvalue weighted by atomic mass is 10.3. The van der Waals surface area contributed by atoms with E-state index in [0.29, 0.717) is 29.4 Å². The average molecular weight is 412 g/mol. The number of carbonyl (C=O) groups excluding carboxylic acids is 1. The molecule has 0 atom stereocenters. The van der Waals surface area contributed by atoms with Gasteiger partial charge < -0.3 is 4.90 Å². The Kier molecular flexibility index (Phi) is 7.29. The first kappa shape index (κ1) is 21.3. The number of hydrogen-bond donors (Lipinski definition) is 0. The van der Waals surface area contributed by atoms with Gasteiger partial charge in [-0.05, 0) is 52.2 Å². The van der Waals surface area contributed by atoms with E-state index in [1.807, 2.05) is 27.1 Å². The zero-order valence-electron chi connectivity index (χ0n) is 15.6. The number of nitrogens with zero attached hydrogens (tertiary/aromatic N) is 5. The summed E-state index contributed by atoms with van der Waals surface area (Å²) in [7, 11) is 3.98. The molecule has 146 valence electrons. The molecule has 0 unspecified atom stereocenters. The molecule has 1 aromatic carbocycles.